The molecule has 0 aliphatic rings. The van der Waals surface area contributed by atoms with E-state index in [1.54, 1.807) is 0 Å². The summed E-state index contributed by atoms with van der Waals surface area (Å²) in [5.74, 6) is 1.10. The van der Waals surface area contributed by atoms with Crippen LogP contribution in [0.3, 0.4) is 0 Å². The minimum Gasteiger partial charge on any atom is -0.357 e. The van der Waals surface area contributed by atoms with E-state index in [9.17, 15) is 0 Å². The van der Waals surface area contributed by atoms with Crippen LogP contribution in [0, 0.1) is 0 Å². The van der Waals surface area contributed by atoms with Gasteiger partial charge in [0.05, 0.1) is 0 Å². The summed E-state index contributed by atoms with van der Waals surface area (Å²) >= 11 is 0. The van der Waals surface area contributed by atoms with Crippen LogP contribution in [0.5, 0.6) is 0 Å². The van der Waals surface area contributed by atoms with Crippen molar-refractivity contribution in [2.45, 2.75) is 39.3 Å². The second-order valence-corrected chi connectivity index (χ2v) is 4.27. The maximum Gasteiger partial charge on any atom is 0.132 e. The maximum atomic E-state index is 4.49. The molecule has 1 atom stereocenters. The first-order valence-electron chi connectivity index (χ1n) is 6.02. The summed E-state index contributed by atoms with van der Waals surface area (Å²) in [5, 5.41) is 3.18. The molecule has 1 rings (SSSR count). The van der Waals surface area contributed by atoms with Crippen molar-refractivity contribution in [3.63, 3.8) is 0 Å². The van der Waals surface area contributed by atoms with Crippen LogP contribution in [0.2, 0.25) is 0 Å². The molecule has 1 aromatic rings. The Hall–Kier alpha value is -1.09. The van der Waals surface area contributed by atoms with Gasteiger partial charge in [0.2, 0.25) is 0 Å². The Morgan fingerprint density at radius 1 is 1.50 bits per heavy atom. The number of nitrogens with zero attached hydrogens (tertiary/aromatic N) is 2. The molecule has 0 bridgehead atoms. The Bertz CT molecular complexity index is 312. The molecule has 0 radical (unpaired) electrons. The minimum atomic E-state index is 0.538. The van der Waals surface area contributed by atoms with Gasteiger partial charge >= 0.3 is 0 Å². The van der Waals surface area contributed by atoms with Crippen molar-refractivity contribution in [2.24, 2.45) is 0 Å². The first-order valence-corrected chi connectivity index (χ1v) is 6.02. The Kier molecular flexibility index (Phi) is 5.26. The van der Waals surface area contributed by atoms with Crippen molar-refractivity contribution in [2.75, 3.05) is 19.0 Å². The monoisotopic (exact) mass is 221 g/mol. The molecule has 3 heteroatoms. The van der Waals surface area contributed by atoms with Crippen LogP contribution in [-0.4, -0.2) is 25.1 Å². The lowest BCUT2D eigenvalue weighted by Crippen LogP contribution is -2.30. The molecular weight excluding hydrogens is 198 g/mol. The normalized spacial score (nSPS) is 12.5. The highest BCUT2D eigenvalue weighted by atomic mass is 15.2. The smallest absolute Gasteiger partial charge is 0.132 e. The quantitative estimate of drug-likeness (QED) is 0.799. The van der Waals surface area contributed by atoms with Gasteiger partial charge in [0.15, 0.2) is 0 Å². The summed E-state index contributed by atoms with van der Waals surface area (Å²) in [6, 6.07) is 4.66. The van der Waals surface area contributed by atoms with Crippen LogP contribution < -0.4 is 10.2 Å². The molecule has 16 heavy (non-hydrogen) atoms. The molecular formula is C13H23N3. The fourth-order valence-corrected chi connectivity index (χ4v) is 1.90. The standard InChI is InChI=1S/C13H23N3/c1-5-7-11(2)16(4)13-12(10-14-3)8-6-9-15-13/h6,8-9,11,14H,5,7,10H2,1-4H3. The van der Waals surface area contributed by atoms with Crippen LogP contribution in [-0.2, 0) is 6.54 Å². The van der Waals surface area contributed by atoms with E-state index in [1.807, 2.05) is 19.3 Å². The first kappa shape index (κ1) is 13.0. The fourth-order valence-electron chi connectivity index (χ4n) is 1.90. The van der Waals surface area contributed by atoms with E-state index >= 15 is 0 Å². The van der Waals surface area contributed by atoms with Crippen molar-refractivity contribution < 1.29 is 0 Å². The molecule has 0 aliphatic heterocycles. The van der Waals surface area contributed by atoms with Crippen LogP contribution in [0.25, 0.3) is 0 Å². The molecule has 1 heterocycles. The van der Waals surface area contributed by atoms with E-state index in [0.29, 0.717) is 6.04 Å². The van der Waals surface area contributed by atoms with Gasteiger partial charge in [0.25, 0.3) is 0 Å². The number of hydrogen-bond acceptors (Lipinski definition) is 3. The average Bonchev–Trinajstić information content (AvgIpc) is 2.29. The summed E-state index contributed by atoms with van der Waals surface area (Å²) in [6.45, 7) is 5.34. The Labute approximate surface area is 98.9 Å². The van der Waals surface area contributed by atoms with Crippen molar-refractivity contribution in [3.8, 4) is 0 Å². The predicted octanol–water partition coefficient (Wildman–Crippen LogP) is 2.43. The van der Waals surface area contributed by atoms with E-state index < -0.39 is 0 Å². The number of rotatable bonds is 6. The summed E-state index contributed by atoms with van der Waals surface area (Å²) in [4.78, 5) is 6.76. The van der Waals surface area contributed by atoms with Crippen LogP contribution in [0.15, 0.2) is 18.3 Å². The molecule has 1 unspecified atom stereocenters. The maximum absolute atomic E-state index is 4.49. The minimum absolute atomic E-state index is 0.538. The Balaban J connectivity index is 2.84. The van der Waals surface area contributed by atoms with E-state index in [1.165, 1.54) is 18.4 Å². The number of anilines is 1. The molecule has 1 aromatic heterocycles. The molecule has 0 aromatic carbocycles. The van der Waals surface area contributed by atoms with Gasteiger partial charge in [-0.25, -0.2) is 4.98 Å². The third kappa shape index (κ3) is 3.20. The second kappa shape index (κ2) is 6.48. The lowest BCUT2D eigenvalue weighted by Gasteiger charge is -2.27. The highest BCUT2D eigenvalue weighted by Gasteiger charge is 2.13. The predicted molar refractivity (Wildman–Crippen MR) is 69.8 cm³/mol. The van der Waals surface area contributed by atoms with Crippen molar-refractivity contribution in [1.29, 1.82) is 0 Å². The van der Waals surface area contributed by atoms with Crippen molar-refractivity contribution in [3.05, 3.63) is 23.9 Å². The summed E-state index contributed by atoms with van der Waals surface area (Å²) < 4.78 is 0. The molecule has 0 amide bonds. The molecule has 3 nitrogen and oxygen atoms in total. The molecule has 1 N–H and O–H groups in total. The van der Waals surface area contributed by atoms with Gasteiger partial charge in [0, 0.05) is 31.4 Å². The SMILES string of the molecule is CCCC(C)N(C)c1ncccc1CNC. The molecule has 0 saturated heterocycles. The van der Waals surface area contributed by atoms with Crippen LogP contribution >= 0.6 is 0 Å². The van der Waals surface area contributed by atoms with Gasteiger partial charge in [-0.15, -0.1) is 0 Å². The second-order valence-electron chi connectivity index (χ2n) is 4.27. The molecule has 0 saturated carbocycles. The lowest BCUT2D eigenvalue weighted by atomic mass is 10.1. The average molecular weight is 221 g/mol. The zero-order chi connectivity index (χ0) is 12.0. The van der Waals surface area contributed by atoms with E-state index in [2.05, 4.69) is 42.2 Å². The molecule has 0 spiro atoms. The lowest BCUT2D eigenvalue weighted by molar-refractivity contribution is 0.607. The van der Waals surface area contributed by atoms with Crippen LogP contribution in [0.1, 0.15) is 32.3 Å². The molecule has 0 fully saturated rings. The molecule has 90 valence electrons. The summed E-state index contributed by atoms with van der Waals surface area (Å²) in [7, 11) is 4.09. The Morgan fingerprint density at radius 3 is 2.88 bits per heavy atom. The van der Waals surface area contributed by atoms with Gasteiger partial charge in [-0.1, -0.05) is 19.4 Å². The van der Waals surface area contributed by atoms with Crippen molar-refractivity contribution in [1.82, 2.24) is 10.3 Å². The van der Waals surface area contributed by atoms with Gasteiger partial charge < -0.3 is 10.2 Å². The topological polar surface area (TPSA) is 28.2 Å². The van der Waals surface area contributed by atoms with Crippen molar-refractivity contribution >= 4 is 5.82 Å². The summed E-state index contributed by atoms with van der Waals surface area (Å²) in [5.41, 5.74) is 1.26. The highest BCUT2D eigenvalue weighted by molar-refractivity contribution is 5.46. The number of aromatic nitrogens is 1. The number of pyridine rings is 1. The summed E-state index contributed by atoms with van der Waals surface area (Å²) in [6.07, 6.45) is 4.27. The van der Waals surface area contributed by atoms with E-state index in [0.717, 1.165) is 12.4 Å². The molecule has 0 aliphatic carbocycles. The third-order valence-corrected chi connectivity index (χ3v) is 2.94. The highest BCUT2D eigenvalue weighted by Crippen LogP contribution is 2.19. The van der Waals surface area contributed by atoms with Crippen LogP contribution in [0.4, 0.5) is 5.82 Å². The van der Waals surface area contributed by atoms with Gasteiger partial charge in [-0.2, -0.15) is 0 Å². The van der Waals surface area contributed by atoms with E-state index in [-0.39, 0.29) is 0 Å². The first-order chi connectivity index (χ1) is 7.70. The van der Waals surface area contributed by atoms with Gasteiger partial charge in [-0.3, -0.25) is 0 Å². The fraction of sp³-hybridized carbons (Fsp3) is 0.615. The van der Waals surface area contributed by atoms with Gasteiger partial charge in [0.1, 0.15) is 5.82 Å². The van der Waals surface area contributed by atoms with E-state index in [4.69, 9.17) is 0 Å². The third-order valence-electron chi connectivity index (χ3n) is 2.94. The Morgan fingerprint density at radius 2 is 2.25 bits per heavy atom. The zero-order valence-electron chi connectivity index (χ0n) is 10.8. The van der Waals surface area contributed by atoms with Gasteiger partial charge in [-0.05, 0) is 26.5 Å². The zero-order valence-corrected chi connectivity index (χ0v) is 10.8. The number of hydrogen-bond donors (Lipinski definition) is 1. The largest absolute Gasteiger partial charge is 0.357 e. The number of nitrogens with one attached hydrogen (secondary N) is 1.